The summed E-state index contributed by atoms with van der Waals surface area (Å²) in [5.41, 5.74) is 12.6. The fourth-order valence-corrected chi connectivity index (χ4v) is 1.93. The molecule has 0 spiro atoms. The average molecular weight is 295 g/mol. The van der Waals surface area contributed by atoms with Gasteiger partial charge in [0.25, 0.3) is 0 Å². The summed E-state index contributed by atoms with van der Waals surface area (Å²) in [6.07, 6.45) is 0. The minimum Gasteiger partial charge on any atom is -0.452 e. The van der Waals surface area contributed by atoms with Crippen molar-refractivity contribution in [3.8, 4) is 11.5 Å². The molecule has 0 saturated heterocycles. The van der Waals surface area contributed by atoms with E-state index >= 15 is 0 Å². The van der Waals surface area contributed by atoms with E-state index in [-0.39, 0.29) is 22.1 Å². The highest BCUT2D eigenvalue weighted by atomic mass is 35.5. The summed E-state index contributed by atoms with van der Waals surface area (Å²) in [5, 5.41) is -0.187. The Bertz CT molecular complexity index is 627. The molecule has 2 aromatic carbocycles. The van der Waals surface area contributed by atoms with Crippen molar-refractivity contribution in [3.05, 3.63) is 46.7 Å². The zero-order valence-corrected chi connectivity index (χ0v) is 12.0. The van der Waals surface area contributed by atoms with E-state index in [9.17, 15) is 4.39 Å². The third kappa shape index (κ3) is 2.80. The van der Waals surface area contributed by atoms with E-state index < -0.39 is 5.82 Å². The summed E-state index contributed by atoms with van der Waals surface area (Å²) in [5.74, 6) is 0.0382. The number of nitrogens with two attached hydrogens (primary N) is 2. The van der Waals surface area contributed by atoms with Crippen LogP contribution in [0, 0.1) is 5.82 Å². The molecular weight excluding hydrogens is 279 g/mol. The second kappa shape index (κ2) is 5.59. The number of hydrogen-bond donors (Lipinski definition) is 2. The fraction of sp³-hybridized carbons (Fsp3) is 0.200. The largest absolute Gasteiger partial charge is 0.452 e. The van der Waals surface area contributed by atoms with Crippen molar-refractivity contribution in [2.24, 2.45) is 0 Å². The second-order valence-corrected chi connectivity index (χ2v) is 5.22. The molecular formula is C15H16ClFN2O. The SMILES string of the molecule is CC(C)c1ccc(Oc2c(N)cc(N)c(Cl)c2F)cc1. The molecule has 0 bridgehead atoms. The van der Waals surface area contributed by atoms with Gasteiger partial charge < -0.3 is 16.2 Å². The average Bonchev–Trinajstić information content (AvgIpc) is 2.42. The Balaban J connectivity index is 2.33. The van der Waals surface area contributed by atoms with Crippen molar-refractivity contribution in [1.82, 2.24) is 0 Å². The van der Waals surface area contributed by atoms with Crippen LogP contribution in [0.1, 0.15) is 25.3 Å². The summed E-state index contributed by atoms with van der Waals surface area (Å²) in [4.78, 5) is 0. The second-order valence-electron chi connectivity index (χ2n) is 4.84. The highest BCUT2D eigenvalue weighted by Gasteiger charge is 2.16. The maximum atomic E-state index is 14.0. The van der Waals surface area contributed by atoms with Gasteiger partial charge >= 0.3 is 0 Å². The van der Waals surface area contributed by atoms with E-state index in [1.54, 1.807) is 12.1 Å². The normalized spacial score (nSPS) is 10.8. The van der Waals surface area contributed by atoms with Gasteiger partial charge in [0, 0.05) is 0 Å². The number of halogens is 2. The molecule has 0 unspecified atom stereocenters. The van der Waals surface area contributed by atoms with Gasteiger partial charge in [-0.3, -0.25) is 0 Å². The lowest BCUT2D eigenvalue weighted by Gasteiger charge is -2.13. The Kier molecular flexibility index (Phi) is 4.04. The first-order valence-corrected chi connectivity index (χ1v) is 6.58. The molecule has 0 aliphatic carbocycles. The summed E-state index contributed by atoms with van der Waals surface area (Å²) >= 11 is 5.75. The number of hydrogen-bond acceptors (Lipinski definition) is 3. The quantitative estimate of drug-likeness (QED) is 0.816. The van der Waals surface area contributed by atoms with E-state index in [2.05, 4.69) is 13.8 Å². The first-order valence-electron chi connectivity index (χ1n) is 6.21. The van der Waals surface area contributed by atoms with E-state index in [4.69, 9.17) is 27.8 Å². The number of anilines is 2. The monoisotopic (exact) mass is 294 g/mol. The fourth-order valence-electron chi connectivity index (χ4n) is 1.79. The van der Waals surface area contributed by atoms with Crippen LogP contribution in [-0.2, 0) is 0 Å². The molecule has 0 amide bonds. The van der Waals surface area contributed by atoms with E-state index in [0.29, 0.717) is 11.7 Å². The van der Waals surface area contributed by atoms with Crippen LogP contribution in [0.3, 0.4) is 0 Å². The highest BCUT2D eigenvalue weighted by molar-refractivity contribution is 6.33. The van der Waals surface area contributed by atoms with Crippen LogP contribution in [0.2, 0.25) is 5.02 Å². The predicted octanol–water partition coefficient (Wildman–Crippen LogP) is 4.56. The molecule has 0 aromatic heterocycles. The van der Waals surface area contributed by atoms with Crippen molar-refractivity contribution in [2.75, 3.05) is 11.5 Å². The van der Waals surface area contributed by atoms with E-state index in [1.165, 1.54) is 11.6 Å². The lowest BCUT2D eigenvalue weighted by atomic mass is 10.0. The van der Waals surface area contributed by atoms with Crippen LogP contribution < -0.4 is 16.2 Å². The molecule has 2 aromatic rings. The smallest absolute Gasteiger partial charge is 0.188 e. The molecule has 5 heteroatoms. The van der Waals surface area contributed by atoms with Gasteiger partial charge in [-0.1, -0.05) is 37.6 Å². The van der Waals surface area contributed by atoms with Crippen LogP contribution in [0.4, 0.5) is 15.8 Å². The Labute approximate surface area is 122 Å². The van der Waals surface area contributed by atoms with Crippen LogP contribution in [0.15, 0.2) is 30.3 Å². The van der Waals surface area contributed by atoms with Gasteiger partial charge in [-0.2, -0.15) is 0 Å². The van der Waals surface area contributed by atoms with Crippen molar-refractivity contribution < 1.29 is 9.13 Å². The predicted molar refractivity (Wildman–Crippen MR) is 80.8 cm³/mol. The lowest BCUT2D eigenvalue weighted by Crippen LogP contribution is -1.99. The summed E-state index contributed by atoms with van der Waals surface area (Å²) in [6.45, 7) is 4.18. The topological polar surface area (TPSA) is 61.3 Å². The van der Waals surface area contributed by atoms with Crippen molar-refractivity contribution in [1.29, 1.82) is 0 Å². The first-order chi connectivity index (χ1) is 9.40. The number of rotatable bonds is 3. The lowest BCUT2D eigenvalue weighted by molar-refractivity contribution is 0.445. The molecule has 106 valence electrons. The van der Waals surface area contributed by atoms with Crippen LogP contribution in [0.5, 0.6) is 11.5 Å². The summed E-state index contributed by atoms with van der Waals surface area (Å²) in [6, 6.07) is 8.75. The standard InChI is InChI=1S/C15H16ClFN2O/c1-8(2)9-3-5-10(6-4-9)20-15-12(19)7-11(18)13(16)14(15)17/h3-8H,18-19H2,1-2H3. The maximum absolute atomic E-state index is 14.0. The molecule has 0 heterocycles. The molecule has 0 radical (unpaired) electrons. The molecule has 0 aliphatic heterocycles. The maximum Gasteiger partial charge on any atom is 0.188 e. The van der Waals surface area contributed by atoms with Gasteiger partial charge in [-0.25, -0.2) is 4.39 Å². The van der Waals surface area contributed by atoms with Crippen molar-refractivity contribution >= 4 is 23.0 Å². The van der Waals surface area contributed by atoms with Gasteiger partial charge in [0.15, 0.2) is 11.6 Å². The van der Waals surface area contributed by atoms with Crippen LogP contribution in [-0.4, -0.2) is 0 Å². The highest BCUT2D eigenvalue weighted by Crippen LogP contribution is 2.38. The Morgan fingerprint density at radius 3 is 2.25 bits per heavy atom. The molecule has 2 rings (SSSR count). The summed E-state index contributed by atoms with van der Waals surface area (Å²) < 4.78 is 19.5. The van der Waals surface area contributed by atoms with Crippen molar-refractivity contribution in [3.63, 3.8) is 0 Å². The van der Waals surface area contributed by atoms with Crippen LogP contribution in [0.25, 0.3) is 0 Å². The van der Waals surface area contributed by atoms with Gasteiger partial charge in [-0.05, 0) is 29.7 Å². The molecule has 0 aliphatic rings. The van der Waals surface area contributed by atoms with Crippen LogP contribution >= 0.6 is 11.6 Å². The Hall–Kier alpha value is -1.94. The molecule has 3 nitrogen and oxygen atoms in total. The van der Waals surface area contributed by atoms with Gasteiger partial charge in [0.05, 0.1) is 11.4 Å². The van der Waals surface area contributed by atoms with Gasteiger partial charge in [0.1, 0.15) is 10.8 Å². The zero-order chi connectivity index (χ0) is 14.9. The third-order valence-corrected chi connectivity index (χ3v) is 3.37. The summed E-state index contributed by atoms with van der Waals surface area (Å²) in [7, 11) is 0. The molecule has 0 saturated carbocycles. The van der Waals surface area contributed by atoms with Gasteiger partial charge in [0.2, 0.25) is 0 Å². The minimum atomic E-state index is -0.753. The zero-order valence-electron chi connectivity index (χ0n) is 11.3. The molecule has 20 heavy (non-hydrogen) atoms. The Morgan fingerprint density at radius 1 is 1.10 bits per heavy atom. The van der Waals surface area contributed by atoms with Gasteiger partial charge in [-0.15, -0.1) is 0 Å². The molecule has 4 N–H and O–H groups in total. The van der Waals surface area contributed by atoms with E-state index in [1.807, 2.05) is 12.1 Å². The molecule has 0 fully saturated rings. The number of benzene rings is 2. The molecule has 0 atom stereocenters. The van der Waals surface area contributed by atoms with Crippen molar-refractivity contribution in [2.45, 2.75) is 19.8 Å². The third-order valence-electron chi connectivity index (χ3n) is 2.99. The Morgan fingerprint density at radius 2 is 1.70 bits per heavy atom. The van der Waals surface area contributed by atoms with E-state index in [0.717, 1.165) is 0 Å². The number of nitrogen functional groups attached to an aromatic ring is 2. The number of ether oxygens (including phenoxy) is 1. The minimum absolute atomic E-state index is 0.0872. The first kappa shape index (κ1) is 14.5.